The highest BCUT2D eigenvalue weighted by Crippen LogP contribution is 2.01. The molecule has 1 atom stereocenters. The first-order valence-electron chi connectivity index (χ1n) is 5.51. The van der Waals surface area contributed by atoms with Crippen LogP contribution in [-0.4, -0.2) is 36.1 Å². The Morgan fingerprint density at radius 2 is 2.12 bits per heavy atom. The van der Waals surface area contributed by atoms with Gasteiger partial charge in [-0.1, -0.05) is 0 Å². The van der Waals surface area contributed by atoms with Gasteiger partial charge in [-0.15, -0.1) is 0 Å². The van der Waals surface area contributed by atoms with Gasteiger partial charge in [0.2, 0.25) is 0 Å². The quantitative estimate of drug-likeness (QED) is 0.706. The number of ether oxygens (including phenoxy) is 2. The maximum Gasteiger partial charge on any atom is 0.171 e. The molecule has 0 aliphatic heterocycles. The summed E-state index contributed by atoms with van der Waals surface area (Å²) in [7, 11) is 3.28. The van der Waals surface area contributed by atoms with Crippen LogP contribution in [0.3, 0.4) is 0 Å². The number of hydrogen-bond donors (Lipinski definition) is 1. The summed E-state index contributed by atoms with van der Waals surface area (Å²) in [6.07, 6.45) is 3.56. The van der Waals surface area contributed by atoms with Gasteiger partial charge in [0.15, 0.2) is 6.29 Å². The van der Waals surface area contributed by atoms with E-state index in [0.717, 1.165) is 12.4 Å². The molecule has 0 spiro atoms. The Balaban J connectivity index is 2.45. The fourth-order valence-electron chi connectivity index (χ4n) is 1.65. The lowest BCUT2D eigenvalue weighted by Crippen LogP contribution is -2.39. The SMILES string of the molecule is CCn1ccnc1CNC(C)C(OC)OC. The molecular formula is C11H21N3O2. The molecule has 0 aromatic carbocycles. The van der Waals surface area contributed by atoms with Crippen molar-refractivity contribution in [2.75, 3.05) is 14.2 Å². The van der Waals surface area contributed by atoms with Gasteiger partial charge in [-0.25, -0.2) is 4.98 Å². The Morgan fingerprint density at radius 1 is 1.44 bits per heavy atom. The second-order valence-electron chi connectivity index (χ2n) is 3.64. The summed E-state index contributed by atoms with van der Waals surface area (Å²) in [6, 6.07) is 0.122. The fourth-order valence-corrected chi connectivity index (χ4v) is 1.65. The number of imidazole rings is 1. The van der Waals surface area contributed by atoms with Crippen molar-refractivity contribution in [2.24, 2.45) is 0 Å². The zero-order valence-corrected chi connectivity index (χ0v) is 10.4. The maximum absolute atomic E-state index is 5.18. The summed E-state index contributed by atoms with van der Waals surface area (Å²) < 4.78 is 12.5. The number of nitrogens with zero attached hydrogens (tertiary/aromatic N) is 2. The molecule has 5 nitrogen and oxygen atoms in total. The molecule has 0 radical (unpaired) electrons. The van der Waals surface area contributed by atoms with Gasteiger partial charge in [0.05, 0.1) is 12.6 Å². The van der Waals surface area contributed by atoms with Crippen LogP contribution in [-0.2, 0) is 22.6 Å². The number of nitrogens with one attached hydrogen (secondary N) is 1. The Hall–Kier alpha value is -0.910. The van der Waals surface area contributed by atoms with E-state index in [0.29, 0.717) is 6.54 Å². The molecule has 0 saturated heterocycles. The zero-order valence-electron chi connectivity index (χ0n) is 10.4. The lowest BCUT2D eigenvalue weighted by Gasteiger charge is -2.22. The van der Waals surface area contributed by atoms with Crippen LogP contribution in [0.5, 0.6) is 0 Å². The molecule has 0 aliphatic rings. The number of rotatable bonds is 7. The molecule has 0 bridgehead atoms. The fraction of sp³-hybridized carbons (Fsp3) is 0.727. The molecule has 1 aromatic rings. The Morgan fingerprint density at radius 3 is 2.69 bits per heavy atom. The van der Waals surface area contributed by atoms with Crippen LogP contribution in [0, 0.1) is 0 Å². The van der Waals surface area contributed by atoms with Crippen molar-refractivity contribution in [3.05, 3.63) is 18.2 Å². The van der Waals surface area contributed by atoms with Crippen LogP contribution < -0.4 is 5.32 Å². The summed E-state index contributed by atoms with van der Waals surface area (Å²) in [5, 5.41) is 3.33. The van der Waals surface area contributed by atoms with Crippen molar-refractivity contribution < 1.29 is 9.47 Å². The number of aryl methyl sites for hydroxylation is 1. The van der Waals surface area contributed by atoms with Gasteiger partial charge in [0.1, 0.15) is 5.82 Å². The van der Waals surface area contributed by atoms with Gasteiger partial charge in [0, 0.05) is 33.2 Å². The van der Waals surface area contributed by atoms with Crippen LogP contribution >= 0.6 is 0 Å². The number of methoxy groups -OCH3 is 2. The predicted octanol–water partition coefficient (Wildman–Crippen LogP) is 1.000. The van der Waals surface area contributed by atoms with Crippen molar-refractivity contribution in [1.82, 2.24) is 14.9 Å². The lowest BCUT2D eigenvalue weighted by atomic mass is 10.3. The average Bonchev–Trinajstić information content (AvgIpc) is 2.75. The molecule has 1 unspecified atom stereocenters. The summed E-state index contributed by atoms with van der Waals surface area (Å²) >= 11 is 0. The second kappa shape index (κ2) is 6.62. The van der Waals surface area contributed by atoms with E-state index in [4.69, 9.17) is 9.47 Å². The van der Waals surface area contributed by atoms with Crippen molar-refractivity contribution in [3.63, 3.8) is 0 Å². The Bertz CT molecular complexity index is 297. The third-order valence-corrected chi connectivity index (χ3v) is 2.60. The summed E-state index contributed by atoms with van der Waals surface area (Å²) in [5.41, 5.74) is 0. The van der Waals surface area contributed by atoms with Crippen LogP contribution in [0.2, 0.25) is 0 Å². The third-order valence-electron chi connectivity index (χ3n) is 2.60. The highest BCUT2D eigenvalue weighted by atomic mass is 16.7. The van der Waals surface area contributed by atoms with E-state index in [2.05, 4.69) is 21.8 Å². The summed E-state index contributed by atoms with van der Waals surface area (Å²) in [4.78, 5) is 4.29. The standard InChI is InChI=1S/C11H21N3O2/c1-5-14-7-6-12-10(14)8-13-9(2)11(15-3)16-4/h6-7,9,11,13H,5,8H2,1-4H3. The molecular weight excluding hydrogens is 206 g/mol. The van der Waals surface area contributed by atoms with E-state index >= 15 is 0 Å². The van der Waals surface area contributed by atoms with Crippen molar-refractivity contribution in [2.45, 2.75) is 39.3 Å². The number of aromatic nitrogens is 2. The van der Waals surface area contributed by atoms with E-state index in [9.17, 15) is 0 Å². The van der Waals surface area contributed by atoms with Crippen LogP contribution in [0.4, 0.5) is 0 Å². The molecule has 16 heavy (non-hydrogen) atoms. The zero-order chi connectivity index (χ0) is 12.0. The largest absolute Gasteiger partial charge is 0.354 e. The van der Waals surface area contributed by atoms with Gasteiger partial charge in [-0.05, 0) is 13.8 Å². The first kappa shape index (κ1) is 13.2. The minimum Gasteiger partial charge on any atom is -0.354 e. The molecule has 0 amide bonds. The van der Waals surface area contributed by atoms with E-state index in [1.54, 1.807) is 14.2 Å². The van der Waals surface area contributed by atoms with Gasteiger partial charge >= 0.3 is 0 Å². The molecule has 5 heteroatoms. The van der Waals surface area contributed by atoms with Crippen molar-refractivity contribution in [1.29, 1.82) is 0 Å². The Labute approximate surface area is 96.8 Å². The van der Waals surface area contributed by atoms with Gasteiger partial charge in [-0.3, -0.25) is 0 Å². The monoisotopic (exact) mass is 227 g/mol. The molecule has 1 N–H and O–H groups in total. The third kappa shape index (κ3) is 3.30. The van der Waals surface area contributed by atoms with Crippen molar-refractivity contribution in [3.8, 4) is 0 Å². The van der Waals surface area contributed by atoms with E-state index in [1.165, 1.54) is 0 Å². The maximum atomic E-state index is 5.18. The van der Waals surface area contributed by atoms with Gasteiger partial charge in [0.25, 0.3) is 0 Å². The molecule has 92 valence electrons. The second-order valence-corrected chi connectivity index (χ2v) is 3.64. The molecule has 1 rings (SSSR count). The van der Waals surface area contributed by atoms with Crippen LogP contribution in [0.1, 0.15) is 19.7 Å². The van der Waals surface area contributed by atoms with E-state index in [1.807, 2.05) is 19.3 Å². The van der Waals surface area contributed by atoms with E-state index < -0.39 is 0 Å². The van der Waals surface area contributed by atoms with Gasteiger partial charge < -0.3 is 19.4 Å². The molecule has 0 saturated carbocycles. The molecule has 0 aliphatic carbocycles. The van der Waals surface area contributed by atoms with E-state index in [-0.39, 0.29) is 12.3 Å². The minimum absolute atomic E-state index is 0.122. The first-order chi connectivity index (χ1) is 7.72. The first-order valence-corrected chi connectivity index (χ1v) is 5.51. The Kier molecular flexibility index (Phi) is 5.45. The van der Waals surface area contributed by atoms with Gasteiger partial charge in [-0.2, -0.15) is 0 Å². The molecule has 1 aromatic heterocycles. The molecule has 0 fully saturated rings. The molecule has 1 heterocycles. The number of hydrogen-bond acceptors (Lipinski definition) is 4. The predicted molar refractivity (Wildman–Crippen MR) is 62.0 cm³/mol. The minimum atomic E-state index is -0.231. The normalized spacial score (nSPS) is 13.3. The van der Waals surface area contributed by atoms with Crippen LogP contribution in [0.15, 0.2) is 12.4 Å². The highest BCUT2D eigenvalue weighted by Gasteiger charge is 2.15. The average molecular weight is 227 g/mol. The summed E-state index contributed by atoms with van der Waals surface area (Å²) in [6.45, 7) is 5.77. The highest BCUT2D eigenvalue weighted by molar-refractivity contribution is 4.92. The van der Waals surface area contributed by atoms with Crippen LogP contribution in [0.25, 0.3) is 0 Å². The smallest absolute Gasteiger partial charge is 0.171 e. The topological polar surface area (TPSA) is 48.3 Å². The lowest BCUT2D eigenvalue weighted by molar-refractivity contribution is -0.119. The summed E-state index contributed by atoms with van der Waals surface area (Å²) in [5.74, 6) is 1.03. The van der Waals surface area contributed by atoms with Crippen molar-refractivity contribution >= 4 is 0 Å².